The van der Waals surface area contributed by atoms with Crippen molar-refractivity contribution in [1.82, 2.24) is 0 Å². The van der Waals surface area contributed by atoms with Gasteiger partial charge in [-0.15, -0.1) is 0 Å². The molecule has 19 heavy (non-hydrogen) atoms. The quantitative estimate of drug-likeness (QED) is 0.764. The number of hydrogen-bond donors (Lipinski definition) is 0. The first-order chi connectivity index (χ1) is 9.16. The second-order valence-corrected chi connectivity index (χ2v) is 5.46. The molecule has 0 aliphatic heterocycles. The lowest BCUT2D eigenvalue weighted by Gasteiger charge is -2.14. The van der Waals surface area contributed by atoms with Gasteiger partial charge in [-0.25, -0.2) is 0 Å². The van der Waals surface area contributed by atoms with Gasteiger partial charge in [0.1, 0.15) is 5.75 Å². The minimum atomic E-state index is 0.133. The summed E-state index contributed by atoms with van der Waals surface area (Å²) in [4.78, 5) is 12.3. The molecule has 2 nitrogen and oxygen atoms in total. The Balaban J connectivity index is 2.12. The third-order valence-corrected chi connectivity index (χ3v) is 3.46. The van der Waals surface area contributed by atoms with Crippen LogP contribution < -0.4 is 4.74 Å². The summed E-state index contributed by atoms with van der Waals surface area (Å²) < 4.78 is 5.83. The van der Waals surface area contributed by atoms with Crippen molar-refractivity contribution in [2.75, 3.05) is 0 Å². The molecule has 1 aliphatic rings. The zero-order valence-corrected chi connectivity index (χ0v) is 11.3. The van der Waals surface area contributed by atoms with E-state index in [4.69, 9.17) is 4.74 Å². The number of rotatable bonds is 4. The Morgan fingerprint density at radius 1 is 1.11 bits per heavy atom. The third-order valence-electron chi connectivity index (χ3n) is 3.46. The second kappa shape index (κ2) is 4.69. The molecule has 1 aliphatic carbocycles. The minimum absolute atomic E-state index is 0.133. The largest absolute Gasteiger partial charge is 0.490 e. The summed E-state index contributed by atoms with van der Waals surface area (Å²) in [7, 11) is 0. The van der Waals surface area contributed by atoms with E-state index in [9.17, 15) is 4.79 Å². The zero-order chi connectivity index (χ0) is 13.4. The number of Topliss-reactive ketones (excluding diaryl/α,β-unsaturated/α-hetero) is 1. The van der Waals surface area contributed by atoms with Crippen LogP contribution >= 0.6 is 0 Å². The van der Waals surface area contributed by atoms with Crippen molar-refractivity contribution in [3.05, 3.63) is 42.0 Å². The molecule has 0 atom stereocenters. The topological polar surface area (TPSA) is 26.3 Å². The summed E-state index contributed by atoms with van der Waals surface area (Å²) in [6.45, 7) is 4.02. The highest BCUT2D eigenvalue weighted by Crippen LogP contribution is 2.36. The van der Waals surface area contributed by atoms with E-state index in [0.717, 1.165) is 34.9 Å². The average molecular weight is 254 g/mol. The van der Waals surface area contributed by atoms with E-state index in [1.165, 1.54) is 0 Å². The molecule has 2 aromatic rings. The number of fused-ring (bicyclic) bond motifs is 1. The lowest BCUT2D eigenvalue weighted by molar-refractivity contribution is 0.0969. The summed E-state index contributed by atoms with van der Waals surface area (Å²) in [5, 5.41) is 2.04. The van der Waals surface area contributed by atoms with Crippen LogP contribution in [0, 0.1) is 5.92 Å². The van der Waals surface area contributed by atoms with Gasteiger partial charge < -0.3 is 4.74 Å². The van der Waals surface area contributed by atoms with E-state index in [0.29, 0.717) is 0 Å². The molecular weight excluding hydrogens is 236 g/mol. The maximum atomic E-state index is 12.3. The first-order valence-electron chi connectivity index (χ1n) is 6.89. The number of benzene rings is 2. The van der Waals surface area contributed by atoms with E-state index < -0.39 is 0 Å². The van der Waals surface area contributed by atoms with Gasteiger partial charge in [-0.3, -0.25) is 4.79 Å². The molecule has 2 heteroatoms. The van der Waals surface area contributed by atoms with Crippen molar-refractivity contribution in [1.29, 1.82) is 0 Å². The molecule has 0 saturated heterocycles. The molecule has 98 valence electrons. The van der Waals surface area contributed by atoms with Crippen LogP contribution in [-0.2, 0) is 0 Å². The van der Waals surface area contributed by atoms with Gasteiger partial charge in [0.15, 0.2) is 5.78 Å². The first-order valence-corrected chi connectivity index (χ1v) is 6.89. The molecule has 2 aromatic carbocycles. The molecule has 0 amide bonds. The molecule has 0 aromatic heterocycles. The van der Waals surface area contributed by atoms with Crippen LogP contribution in [0.3, 0.4) is 0 Å². The molecule has 0 heterocycles. The molecule has 0 bridgehead atoms. The third kappa shape index (κ3) is 2.35. The van der Waals surface area contributed by atoms with Gasteiger partial charge in [-0.1, -0.05) is 24.3 Å². The van der Waals surface area contributed by atoms with Gasteiger partial charge in [0, 0.05) is 16.9 Å². The summed E-state index contributed by atoms with van der Waals surface area (Å²) in [5.74, 6) is 1.39. The van der Waals surface area contributed by atoms with Crippen molar-refractivity contribution in [3.63, 3.8) is 0 Å². The van der Waals surface area contributed by atoms with Crippen molar-refractivity contribution >= 4 is 16.6 Å². The Labute approximate surface area is 113 Å². The number of carbonyl (C=O) groups excluding carboxylic acids is 1. The number of carbonyl (C=O) groups is 1. The lowest BCUT2D eigenvalue weighted by atomic mass is 9.98. The fourth-order valence-electron chi connectivity index (χ4n) is 2.41. The van der Waals surface area contributed by atoms with Gasteiger partial charge >= 0.3 is 0 Å². The zero-order valence-electron chi connectivity index (χ0n) is 11.3. The normalized spacial score (nSPS) is 14.9. The number of ether oxygens (including phenoxy) is 1. The summed E-state index contributed by atoms with van der Waals surface area (Å²) in [6, 6.07) is 11.8. The summed E-state index contributed by atoms with van der Waals surface area (Å²) >= 11 is 0. The molecule has 0 N–H and O–H groups in total. The van der Waals surface area contributed by atoms with Crippen molar-refractivity contribution < 1.29 is 9.53 Å². The molecule has 1 fully saturated rings. The molecule has 0 spiro atoms. The van der Waals surface area contributed by atoms with Crippen molar-refractivity contribution in [3.8, 4) is 5.75 Å². The minimum Gasteiger partial charge on any atom is -0.490 e. The van der Waals surface area contributed by atoms with Crippen LogP contribution in [0.15, 0.2) is 36.4 Å². The van der Waals surface area contributed by atoms with E-state index in [1.54, 1.807) is 0 Å². The monoisotopic (exact) mass is 254 g/mol. The predicted molar refractivity (Wildman–Crippen MR) is 76.8 cm³/mol. The smallest absolute Gasteiger partial charge is 0.166 e. The Bertz CT molecular complexity index is 624. The fourth-order valence-corrected chi connectivity index (χ4v) is 2.41. The first kappa shape index (κ1) is 12.2. The maximum Gasteiger partial charge on any atom is 0.166 e. The number of ketones is 1. The Morgan fingerprint density at radius 2 is 1.79 bits per heavy atom. The van der Waals surface area contributed by atoms with Gasteiger partial charge in [0.25, 0.3) is 0 Å². The SMILES string of the molecule is CC(C)Oc1ccc(C(=O)C2CC2)c2ccccc12. The highest BCUT2D eigenvalue weighted by Gasteiger charge is 2.31. The van der Waals surface area contributed by atoms with E-state index in [-0.39, 0.29) is 17.8 Å². The Kier molecular flexibility index (Phi) is 3.02. The fraction of sp³-hybridized carbons (Fsp3) is 0.353. The van der Waals surface area contributed by atoms with Crippen LogP contribution in [-0.4, -0.2) is 11.9 Å². The predicted octanol–water partition coefficient (Wildman–Crippen LogP) is 4.22. The van der Waals surface area contributed by atoms with Crippen LogP contribution in [0.4, 0.5) is 0 Å². The van der Waals surface area contributed by atoms with Crippen molar-refractivity contribution in [2.24, 2.45) is 5.92 Å². The maximum absolute atomic E-state index is 12.3. The summed E-state index contributed by atoms with van der Waals surface area (Å²) in [5.41, 5.74) is 0.842. The van der Waals surface area contributed by atoms with Crippen LogP contribution in [0.2, 0.25) is 0 Å². The summed E-state index contributed by atoms with van der Waals surface area (Å²) in [6.07, 6.45) is 2.21. The second-order valence-electron chi connectivity index (χ2n) is 5.46. The molecule has 3 rings (SSSR count). The lowest BCUT2D eigenvalue weighted by Crippen LogP contribution is -2.07. The van der Waals surface area contributed by atoms with Gasteiger partial charge in [0.2, 0.25) is 0 Å². The molecule has 0 unspecified atom stereocenters. The van der Waals surface area contributed by atoms with Gasteiger partial charge in [-0.05, 0) is 44.2 Å². The van der Waals surface area contributed by atoms with Crippen LogP contribution in [0.1, 0.15) is 37.0 Å². The molecular formula is C17H18O2. The Morgan fingerprint density at radius 3 is 2.42 bits per heavy atom. The van der Waals surface area contributed by atoms with Crippen LogP contribution in [0.5, 0.6) is 5.75 Å². The molecule has 1 saturated carbocycles. The van der Waals surface area contributed by atoms with Crippen molar-refractivity contribution in [2.45, 2.75) is 32.8 Å². The standard InChI is InChI=1S/C17H18O2/c1-11(2)19-16-10-9-15(17(18)12-7-8-12)13-5-3-4-6-14(13)16/h3-6,9-12H,7-8H2,1-2H3. The van der Waals surface area contributed by atoms with Gasteiger partial charge in [0.05, 0.1) is 6.10 Å². The van der Waals surface area contributed by atoms with E-state index in [2.05, 4.69) is 0 Å². The highest BCUT2D eigenvalue weighted by atomic mass is 16.5. The Hall–Kier alpha value is -1.83. The highest BCUT2D eigenvalue weighted by molar-refractivity contribution is 6.11. The molecule has 0 radical (unpaired) electrons. The van der Waals surface area contributed by atoms with Gasteiger partial charge in [-0.2, -0.15) is 0 Å². The van der Waals surface area contributed by atoms with E-state index in [1.807, 2.05) is 50.2 Å². The average Bonchev–Trinajstić information content (AvgIpc) is 3.22. The van der Waals surface area contributed by atoms with Crippen LogP contribution in [0.25, 0.3) is 10.8 Å². The number of hydrogen-bond acceptors (Lipinski definition) is 2. The van der Waals surface area contributed by atoms with E-state index >= 15 is 0 Å².